The maximum atomic E-state index is 3.62. The summed E-state index contributed by atoms with van der Waals surface area (Å²) in [5, 5.41) is 3.62. The predicted molar refractivity (Wildman–Crippen MR) is 75.5 cm³/mol. The van der Waals surface area contributed by atoms with Crippen LogP contribution in [0.15, 0.2) is 0 Å². The zero-order chi connectivity index (χ0) is 12.7. The summed E-state index contributed by atoms with van der Waals surface area (Å²) < 4.78 is 0. The normalized spacial score (nSPS) is 21.0. The van der Waals surface area contributed by atoms with E-state index in [2.05, 4.69) is 43.1 Å². The highest BCUT2D eigenvalue weighted by Gasteiger charge is 2.15. The molecule has 1 unspecified atom stereocenters. The van der Waals surface area contributed by atoms with E-state index < -0.39 is 0 Å². The first-order chi connectivity index (χ1) is 8.13. The Morgan fingerprint density at radius 2 is 2.00 bits per heavy atom. The van der Waals surface area contributed by atoms with Crippen LogP contribution >= 0.6 is 0 Å². The van der Waals surface area contributed by atoms with Crippen LogP contribution in [0.5, 0.6) is 0 Å². The highest BCUT2D eigenvalue weighted by Crippen LogP contribution is 2.14. The summed E-state index contributed by atoms with van der Waals surface area (Å²) in [6.07, 6.45) is 3.97. The molecule has 0 bridgehead atoms. The molecule has 0 radical (unpaired) electrons. The van der Waals surface area contributed by atoms with Crippen LogP contribution in [0.2, 0.25) is 0 Å². The number of hydrogen-bond donors (Lipinski definition) is 1. The predicted octanol–water partition coefficient (Wildman–Crippen LogP) is 1.65. The third kappa shape index (κ3) is 5.84. The van der Waals surface area contributed by atoms with Crippen molar-refractivity contribution < 1.29 is 0 Å². The van der Waals surface area contributed by atoms with E-state index in [1.54, 1.807) is 0 Å². The van der Waals surface area contributed by atoms with Gasteiger partial charge in [-0.05, 0) is 65.8 Å². The number of likely N-dealkylation sites (N-methyl/N-ethyl adjacent to an activating group) is 1. The summed E-state index contributed by atoms with van der Waals surface area (Å²) in [6.45, 7) is 10.6. The van der Waals surface area contributed by atoms with Gasteiger partial charge in [0.2, 0.25) is 0 Å². The molecule has 17 heavy (non-hydrogen) atoms. The molecular weight excluding hydrogens is 210 g/mol. The van der Waals surface area contributed by atoms with Gasteiger partial charge < -0.3 is 15.1 Å². The fourth-order valence-electron chi connectivity index (χ4n) is 2.36. The maximum absolute atomic E-state index is 3.62. The first kappa shape index (κ1) is 14.9. The van der Waals surface area contributed by atoms with Crippen molar-refractivity contribution in [3.63, 3.8) is 0 Å². The quantitative estimate of drug-likeness (QED) is 0.684. The second kappa shape index (κ2) is 8.06. The minimum Gasteiger partial charge on any atom is -0.315 e. The average molecular weight is 241 g/mol. The van der Waals surface area contributed by atoms with Gasteiger partial charge in [0.25, 0.3) is 0 Å². The number of rotatable bonds is 7. The first-order valence-electron chi connectivity index (χ1n) is 7.23. The summed E-state index contributed by atoms with van der Waals surface area (Å²) in [7, 11) is 4.45. The Kier molecular flexibility index (Phi) is 7.09. The molecule has 3 nitrogen and oxygen atoms in total. The van der Waals surface area contributed by atoms with Crippen LogP contribution < -0.4 is 5.32 Å². The van der Waals surface area contributed by atoms with Gasteiger partial charge in [0.15, 0.2) is 0 Å². The Morgan fingerprint density at radius 1 is 1.35 bits per heavy atom. The topological polar surface area (TPSA) is 18.5 Å². The van der Waals surface area contributed by atoms with E-state index >= 15 is 0 Å². The van der Waals surface area contributed by atoms with Crippen molar-refractivity contribution in [2.45, 2.75) is 39.2 Å². The molecule has 1 heterocycles. The van der Waals surface area contributed by atoms with Gasteiger partial charge >= 0.3 is 0 Å². The Bertz CT molecular complexity index is 188. The summed E-state index contributed by atoms with van der Waals surface area (Å²) >= 11 is 0. The highest BCUT2D eigenvalue weighted by atomic mass is 15.1. The molecule has 1 N–H and O–H groups in total. The van der Waals surface area contributed by atoms with Crippen LogP contribution in [-0.2, 0) is 0 Å². The largest absolute Gasteiger partial charge is 0.315 e. The standard InChI is InChI=1S/C14H31N3/c1-5-13(2)17(4)11-8-15-12-14-6-9-16(3)10-7-14/h13-15H,5-12H2,1-4H3. The Labute approximate surface area is 108 Å². The molecule has 0 amide bonds. The monoisotopic (exact) mass is 241 g/mol. The number of hydrogen-bond acceptors (Lipinski definition) is 3. The summed E-state index contributed by atoms with van der Waals surface area (Å²) in [5.74, 6) is 0.903. The van der Waals surface area contributed by atoms with E-state index in [0.29, 0.717) is 6.04 Å². The summed E-state index contributed by atoms with van der Waals surface area (Å²) in [6, 6.07) is 0.708. The minimum atomic E-state index is 0.708. The van der Waals surface area contributed by atoms with Crippen LogP contribution in [-0.4, -0.2) is 62.7 Å². The van der Waals surface area contributed by atoms with Gasteiger partial charge in [0.05, 0.1) is 0 Å². The van der Waals surface area contributed by atoms with E-state index in [-0.39, 0.29) is 0 Å². The molecule has 1 fully saturated rings. The zero-order valence-electron chi connectivity index (χ0n) is 12.2. The Morgan fingerprint density at radius 3 is 2.59 bits per heavy atom. The number of nitrogens with zero attached hydrogens (tertiary/aromatic N) is 2. The van der Waals surface area contributed by atoms with Gasteiger partial charge in [0.1, 0.15) is 0 Å². The van der Waals surface area contributed by atoms with Crippen molar-refractivity contribution in [2.75, 3.05) is 46.8 Å². The Hall–Kier alpha value is -0.120. The molecule has 1 atom stereocenters. The fourth-order valence-corrected chi connectivity index (χ4v) is 2.36. The number of likely N-dealkylation sites (tertiary alicyclic amines) is 1. The lowest BCUT2D eigenvalue weighted by Crippen LogP contribution is -2.38. The lowest BCUT2D eigenvalue weighted by atomic mass is 9.97. The Balaban J connectivity index is 2.00. The first-order valence-corrected chi connectivity index (χ1v) is 7.23. The van der Waals surface area contributed by atoms with Gasteiger partial charge in [-0.2, -0.15) is 0 Å². The summed E-state index contributed by atoms with van der Waals surface area (Å²) in [4.78, 5) is 4.88. The molecule has 0 aromatic rings. The van der Waals surface area contributed by atoms with Gasteiger partial charge in [-0.1, -0.05) is 6.92 Å². The van der Waals surface area contributed by atoms with E-state index in [1.807, 2.05) is 0 Å². The van der Waals surface area contributed by atoms with Crippen molar-refractivity contribution >= 4 is 0 Å². The van der Waals surface area contributed by atoms with Crippen molar-refractivity contribution in [2.24, 2.45) is 5.92 Å². The average Bonchev–Trinajstić information content (AvgIpc) is 2.35. The van der Waals surface area contributed by atoms with Crippen molar-refractivity contribution in [3.8, 4) is 0 Å². The molecule has 1 aliphatic heterocycles. The van der Waals surface area contributed by atoms with Gasteiger partial charge in [-0.3, -0.25) is 0 Å². The lowest BCUT2D eigenvalue weighted by Gasteiger charge is -2.29. The fraction of sp³-hybridized carbons (Fsp3) is 1.00. The lowest BCUT2D eigenvalue weighted by molar-refractivity contribution is 0.210. The smallest absolute Gasteiger partial charge is 0.0107 e. The van der Waals surface area contributed by atoms with Crippen molar-refractivity contribution in [1.82, 2.24) is 15.1 Å². The van der Waals surface area contributed by atoms with E-state index in [9.17, 15) is 0 Å². The second-order valence-electron chi connectivity index (χ2n) is 5.69. The van der Waals surface area contributed by atoms with Crippen molar-refractivity contribution in [3.05, 3.63) is 0 Å². The molecule has 0 aromatic heterocycles. The van der Waals surface area contributed by atoms with E-state index in [0.717, 1.165) is 12.5 Å². The molecular formula is C14H31N3. The third-order valence-corrected chi connectivity index (χ3v) is 4.26. The van der Waals surface area contributed by atoms with Crippen molar-refractivity contribution in [1.29, 1.82) is 0 Å². The zero-order valence-corrected chi connectivity index (χ0v) is 12.2. The SMILES string of the molecule is CCC(C)N(C)CCNCC1CCN(C)CC1. The molecule has 0 aromatic carbocycles. The van der Waals surface area contributed by atoms with Crippen LogP contribution in [0.1, 0.15) is 33.1 Å². The van der Waals surface area contributed by atoms with Gasteiger partial charge in [-0.25, -0.2) is 0 Å². The van der Waals surface area contributed by atoms with Gasteiger partial charge in [-0.15, -0.1) is 0 Å². The molecule has 1 aliphatic rings. The highest BCUT2D eigenvalue weighted by molar-refractivity contribution is 4.72. The molecule has 0 saturated carbocycles. The number of nitrogens with one attached hydrogen (secondary N) is 1. The number of piperidine rings is 1. The molecule has 102 valence electrons. The van der Waals surface area contributed by atoms with Crippen LogP contribution in [0.4, 0.5) is 0 Å². The van der Waals surface area contributed by atoms with Gasteiger partial charge in [0, 0.05) is 19.1 Å². The molecule has 1 rings (SSSR count). The van der Waals surface area contributed by atoms with Crippen LogP contribution in [0.25, 0.3) is 0 Å². The minimum absolute atomic E-state index is 0.708. The molecule has 0 aliphatic carbocycles. The van der Waals surface area contributed by atoms with E-state index in [1.165, 1.54) is 45.4 Å². The molecule has 0 spiro atoms. The molecule has 3 heteroatoms. The third-order valence-electron chi connectivity index (χ3n) is 4.26. The molecule has 1 saturated heterocycles. The van der Waals surface area contributed by atoms with E-state index in [4.69, 9.17) is 0 Å². The second-order valence-corrected chi connectivity index (χ2v) is 5.69. The van der Waals surface area contributed by atoms with Crippen LogP contribution in [0.3, 0.4) is 0 Å². The maximum Gasteiger partial charge on any atom is 0.0107 e. The summed E-state index contributed by atoms with van der Waals surface area (Å²) in [5.41, 5.74) is 0. The van der Waals surface area contributed by atoms with Crippen LogP contribution in [0, 0.1) is 5.92 Å².